The lowest BCUT2D eigenvalue weighted by Gasteiger charge is -2.25. The lowest BCUT2D eigenvalue weighted by molar-refractivity contribution is 0.134. The Balaban J connectivity index is 1.75. The molecule has 0 amide bonds. The molecular formula is C19H31NO. The monoisotopic (exact) mass is 289 g/mol. The van der Waals surface area contributed by atoms with E-state index < -0.39 is 0 Å². The number of hydrogen-bond donors (Lipinski definition) is 1. The second-order valence-electron chi connectivity index (χ2n) is 7.61. The van der Waals surface area contributed by atoms with Crippen molar-refractivity contribution >= 4 is 0 Å². The van der Waals surface area contributed by atoms with Crippen LogP contribution in [0.2, 0.25) is 0 Å². The fraction of sp³-hybridized carbons (Fsp3) is 0.684. The summed E-state index contributed by atoms with van der Waals surface area (Å²) in [6.07, 6.45) is 3.66. The lowest BCUT2D eigenvalue weighted by Crippen LogP contribution is -2.25. The molecule has 1 heterocycles. The van der Waals surface area contributed by atoms with E-state index in [4.69, 9.17) is 4.74 Å². The predicted molar refractivity (Wildman–Crippen MR) is 89.4 cm³/mol. The molecule has 0 unspecified atom stereocenters. The molecule has 0 bridgehead atoms. The Kier molecular flexibility index (Phi) is 5.83. The van der Waals surface area contributed by atoms with Gasteiger partial charge in [-0.3, -0.25) is 0 Å². The summed E-state index contributed by atoms with van der Waals surface area (Å²) >= 11 is 0. The largest absolute Gasteiger partial charge is 0.372 e. The summed E-state index contributed by atoms with van der Waals surface area (Å²) in [6, 6.07) is 6.87. The molecular weight excluding hydrogens is 258 g/mol. The molecule has 1 aromatic carbocycles. The maximum atomic E-state index is 5.49. The number of fused-ring (bicyclic) bond motifs is 1. The van der Waals surface area contributed by atoms with Crippen molar-refractivity contribution < 1.29 is 4.74 Å². The van der Waals surface area contributed by atoms with Crippen molar-refractivity contribution in [3.05, 3.63) is 34.9 Å². The van der Waals surface area contributed by atoms with Gasteiger partial charge in [0.2, 0.25) is 0 Å². The molecule has 2 nitrogen and oxygen atoms in total. The minimum absolute atomic E-state index is 0.402. The number of aryl methyl sites for hydroxylation is 1. The molecule has 118 valence electrons. The van der Waals surface area contributed by atoms with Crippen LogP contribution < -0.4 is 5.32 Å². The van der Waals surface area contributed by atoms with Gasteiger partial charge in [0, 0.05) is 0 Å². The molecule has 1 aromatic rings. The number of ether oxygens (including phenoxy) is 1. The fourth-order valence-electron chi connectivity index (χ4n) is 2.81. The minimum atomic E-state index is 0.402. The Morgan fingerprint density at radius 3 is 2.67 bits per heavy atom. The van der Waals surface area contributed by atoms with Crippen LogP contribution in [0, 0.1) is 11.3 Å². The van der Waals surface area contributed by atoms with E-state index in [0.29, 0.717) is 5.41 Å². The molecule has 1 aliphatic heterocycles. The zero-order chi connectivity index (χ0) is 15.3. The van der Waals surface area contributed by atoms with E-state index in [9.17, 15) is 0 Å². The van der Waals surface area contributed by atoms with E-state index in [-0.39, 0.29) is 0 Å². The normalized spacial score (nSPS) is 14.7. The fourth-order valence-corrected chi connectivity index (χ4v) is 2.81. The Labute approximate surface area is 130 Å². The van der Waals surface area contributed by atoms with Gasteiger partial charge in [-0.2, -0.15) is 0 Å². The summed E-state index contributed by atoms with van der Waals surface area (Å²) in [4.78, 5) is 0. The summed E-state index contributed by atoms with van der Waals surface area (Å²) < 4.78 is 5.49. The van der Waals surface area contributed by atoms with Crippen molar-refractivity contribution in [2.75, 3.05) is 13.1 Å². The summed E-state index contributed by atoms with van der Waals surface area (Å²) in [6.45, 7) is 13.1. The molecule has 0 fully saturated rings. The number of rotatable bonds is 8. The second-order valence-corrected chi connectivity index (χ2v) is 7.61. The molecule has 0 saturated carbocycles. The quantitative estimate of drug-likeness (QED) is 0.720. The van der Waals surface area contributed by atoms with E-state index in [1.165, 1.54) is 36.0 Å². The number of nitrogens with one attached hydrogen (secondary N) is 1. The molecule has 0 aliphatic carbocycles. The van der Waals surface area contributed by atoms with Crippen molar-refractivity contribution in [3.8, 4) is 0 Å². The van der Waals surface area contributed by atoms with Gasteiger partial charge in [0.1, 0.15) is 0 Å². The first-order valence-electron chi connectivity index (χ1n) is 8.35. The van der Waals surface area contributed by atoms with Gasteiger partial charge >= 0.3 is 0 Å². The highest BCUT2D eigenvalue weighted by atomic mass is 16.5. The summed E-state index contributed by atoms with van der Waals surface area (Å²) in [7, 11) is 0. The van der Waals surface area contributed by atoms with E-state index in [0.717, 1.165) is 32.2 Å². The molecule has 0 atom stereocenters. The first-order chi connectivity index (χ1) is 9.96. The van der Waals surface area contributed by atoms with Crippen LogP contribution in [0.15, 0.2) is 18.2 Å². The summed E-state index contributed by atoms with van der Waals surface area (Å²) in [5.41, 5.74) is 4.63. The van der Waals surface area contributed by atoms with Crippen molar-refractivity contribution in [2.24, 2.45) is 11.3 Å². The van der Waals surface area contributed by atoms with E-state index in [1.807, 2.05) is 0 Å². The molecule has 2 rings (SSSR count). The van der Waals surface area contributed by atoms with Gasteiger partial charge in [-0.1, -0.05) is 45.9 Å². The minimum Gasteiger partial charge on any atom is -0.372 e. The summed E-state index contributed by atoms with van der Waals surface area (Å²) in [5.74, 6) is 0.738. The highest BCUT2D eigenvalue weighted by Crippen LogP contribution is 2.28. The van der Waals surface area contributed by atoms with Gasteiger partial charge in [-0.05, 0) is 60.4 Å². The van der Waals surface area contributed by atoms with Gasteiger partial charge < -0.3 is 10.1 Å². The lowest BCUT2D eigenvalue weighted by atomic mass is 9.83. The summed E-state index contributed by atoms with van der Waals surface area (Å²) in [5, 5.41) is 3.56. The smallest absolute Gasteiger partial charge is 0.0725 e. The first kappa shape index (κ1) is 16.5. The second kappa shape index (κ2) is 7.42. The van der Waals surface area contributed by atoms with Crippen molar-refractivity contribution in [1.82, 2.24) is 5.32 Å². The third-order valence-corrected chi connectivity index (χ3v) is 4.41. The Morgan fingerprint density at radius 1 is 1.14 bits per heavy atom. The average molecular weight is 289 g/mol. The Hall–Kier alpha value is -0.860. The van der Waals surface area contributed by atoms with Crippen molar-refractivity contribution in [1.29, 1.82) is 0 Å². The van der Waals surface area contributed by atoms with Crippen LogP contribution in [-0.2, 0) is 24.4 Å². The van der Waals surface area contributed by atoms with Crippen LogP contribution >= 0.6 is 0 Å². The molecule has 0 saturated heterocycles. The topological polar surface area (TPSA) is 21.3 Å². The number of benzene rings is 1. The zero-order valence-electron chi connectivity index (χ0n) is 14.2. The van der Waals surface area contributed by atoms with E-state index >= 15 is 0 Å². The van der Waals surface area contributed by atoms with Gasteiger partial charge in [0.05, 0.1) is 13.2 Å². The highest BCUT2D eigenvalue weighted by molar-refractivity contribution is 5.33. The SMILES string of the molecule is CC(C)CNCCC(C)(C)CCc1ccc2c(c1)COC2. The van der Waals surface area contributed by atoms with Crippen LogP contribution in [0.4, 0.5) is 0 Å². The maximum absolute atomic E-state index is 5.49. The standard InChI is InChI=1S/C19H31NO/c1-15(2)12-20-10-9-19(3,4)8-7-16-5-6-17-13-21-14-18(17)11-16/h5-6,11,15,20H,7-10,12-14H2,1-4H3. The third kappa shape index (κ3) is 5.44. The zero-order valence-corrected chi connectivity index (χ0v) is 14.2. The van der Waals surface area contributed by atoms with Gasteiger partial charge in [-0.25, -0.2) is 0 Å². The molecule has 0 aromatic heterocycles. The van der Waals surface area contributed by atoms with Crippen molar-refractivity contribution in [2.45, 2.75) is 60.2 Å². The van der Waals surface area contributed by atoms with Crippen LogP contribution in [-0.4, -0.2) is 13.1 Å². The molecule has 1 N–H and O–H groups in total. The molecule has 21 heavy (non-hydrogen) atoms. The van der Waals surface area contributed by atoms with Gasteiger partial charge in [-0.15, -0.1) is 0 Å². The van der Waals surface area contributed by atoms with E-state index in [1.54, 1.807) is 0 Å². The van der Waals surface area contributed by atoms with Crippen LogP contribution in [0.5, 0.6) is 0 Å². The maximum Gasteiger partial charge on any atom is 0.0725 e. The van der Waals surface area contributed by atoms with Crippen LogP contribution in [0.3, 0.4) is 0 Å². The first-order valence-corrected chi connectivity index (χ1v) is 8.35. The van der Waals surface area contributed by atoms with Crippen molar-refractivity contribution in [3.63, 3.8) is 0 Å². The van der Waals surface area contributed by atoms with Crippen LogP contribution in [0.1, 0.15) is 57.2 Å². The average Bonchev–Trinajstić information content (AvgIpc) is 2.89. The molecule has 1 aliphatic rings. The predicted octanol–water partition coefficient (Wildman–Crippen LogP) is 4.31. The number of hydrogen-bond acceptors (Lipinski definition) is 2. The van der Waals surface area contributed by atoms with Gasteiger partial charge in [0.25, 0.3) is 0 Å². The van der Waals surface area contributed by atoms with E-state index in [2.05, 4.69) is 51.2 Å². The van der Waals surface area contributed by atoms with Crippen LogP contribution in [0.25, 0.3) is 0 Å². The Morgan fingerprint density at radius 2 is 1.90 bits per heavy atom. The Bertz CT molecular complexity index is 451. The molecule has 0 spiro atoms. The molecule has 2 heteroatoms. The third-order valence-electron chi connectivity index (χ3n) is 4.41. The highest BCUT2D eigenvalue weighted by Gasteiger charge is 2.18. The van der Waals surface area contributed by atoms with Gasteiger partial charge in [0.15, 0.2) is 0 Å². The molecule has 0 radical (unpaired) electrons.